The third-order valence-electron chi connectivity index (χ3n) is 3.84. The van der Waals surface area contributed by atoms with E-state index < -0.39 is 5.97 Å². The number of hydrogen-bond acceptors (Lipinski definition) is 8. The summed E-state index contributed by atoms with van der Waals surface area (Å²) >= 11 is 7.40. The van der Waals surface area contributed by atoms with E-state index in [-0.39, 0.29) is 10.6 Å². The molecule has 7 nitrogen and oxygen atoms in total. The van der Waals surface area contributed by atoms with E-state index in [2.05, 4.69) is 15.1 Å². The molecule has 0 aliphatic carbocycles. The predicted molar refractivity (Wildman–Crippen MR) is 115 cm³/mol. The molecule has 2 aromatic carbocycles. The largest absolute Gasteiger partial charge is 0.481 e. The summed E-state index contributed by atoms with van der Waals surface area (Å²) in [6.45, 7) is 1.96. The van der Waals surface area contributed by atoms with Crippen LogP contribution in [0.5, 0.6) is 11.8 Å². The summed E-state index contributed by atoms with van der Waals surface area (Å²) in [6, 6.07) is 14.2. The molecule has 0 aliphatic heterocycles. The van der Waals surface area contributed by atoms with Gasteiger partial charge in [0.2, 0.25) is 11.8 Å². The molecule has 30 heavy (non-hydrogen) atoms. The Balaban J connectivity index is 1.83. The van der Waals surface area contributed by atoms with Crippen molar-refractivity contribution in [2.24, 2.45) is 5.16 Å². The summed E-state index contributed by atoms with van der Waals surface area (Å²) in [5.41, 5.74) is 2.05. The van der Waals surface area contributed by atoms with Crippen molar-refractivity contribution in [2.75, 3.05) is 14.2 Å². The molecular formula is C21H18ClN3O4S. The molecule has 0 aliphatic rings. The Morgan fingerprint density at radius 2 is 1.77 bits per heavy atom. The zero-order valence-electron chi connectivity index (χ0n) is 16.5. The number of benzene rings is 2. The molecule has 3 rings (SSSR count). The smallest absolute Gasteiger partial charge is 0.368 e. The first-order chi connectivity index (χ1) is 14.5. The van der Waals surface area contributed by atoms with Crippen molar-refractivity contribution in [2.45, 2.75) is 17.0 Å². The highest BCUT2D eigenvalue weighted by molar-refractivity contribution is 7.99. The fourth-order valence-electron chi connectivity index (χ4n) is 2.46. The molecule has 3 aromatic rings. The lowest BCUT2D eigenvalue weighted by Crippen LogP contribution is -2.05. The van der Waals surface area contributed by atoms with Crippen LogP contribution in [0.2, 0.25) is 5.02 Å². The Kier molecular flexibility index (Phi) is 7.26. The minimum absolute atomic E-state index is 0.163. The monoisotopic (exact) mass is 443 g/mol. The summed E-state index contributed by atoms with van der Waals surface area (Å²) in [4.78, 5) is 26.7. The van der Waals surface area contributed by atoms with E-state index in [0.717, 1.165) is 22.9 Å². The maximum Gasteiger partial charge on any atom is 0.368 e. The fraction of sp³-hybridized carbons (Fsp3) is 0.143. The van der Waals surface area contributed by atoms with Crippen molar-refractivity contribution in [3.63, 3.8) is 0 Å². The van der Waals surface area contributed by atoms with Crippen molar-refractivity contribution in [1.82, 2.24) is 9.97 Å². The van der Waals surface area contributed by atoms with Crippen LogP contribution in [0, 0.1) is 6.92 Å². The third kappa shape index (κ3) is 5.49. The number of halogens is 1. The van der Waals surface area contributed by atoms with Gasteiger partial charge in [0.15, 0.2) is 5.16 Å². The van der Waals surface area contributed by atoms with Gasteiger partial charge < -0.3 is 14.3 Å². The lowest BCUT2D eigenvalue weighted by atomic mass is 10.2. The number of carbonyl (C=O) groups excluding carboxylic acids is 1. The van der Waals surface area contributed by atoms with Gasteiger partial charge in [-0.3, -0.25) is 0 Å². The van der Waals surface area contributed by atoms with Gasteiger partial charge in [0.25, 0.3) is 0 Å². The van der Waals surface area contributed by atoms with Gasteiger partial charge in [0, 0.05) is 4.90 Å². The van der Waals surface area contributed by atoms with Crippen LogP contribution < -0.4 is 9.47 Å². The summed E-state index contributed by atoms with van der Waals surface area (Å²) in [5, 5.41) is 4.34. The van der Waals surface area contributed by atoms with Gasteiger partial charge in [-0.25, -0.2) is 4.79 Å². The highest BCUT2D eigenvalue weighted by atomic mass is 35.5. The number of methoxy groups -OCH3 is 2. The molecule has 0 radical (unpaired) electrons. The second-order valence-corrected chi connectivity index (χ2v) is 7.39. The van der Waals surface area contributed by atoms with E-state index in [1.54, 1.807) is 24.3 Å². The van der Waals surface area contributed by atoms with E-state index in [1.165, 1.54) is 20.4 Å². The number of carbonyl (C=O) groups is 1. The van der Waals surface area contributed by atoms with Crippen molar-refractivity contribution in [1.29, 1.82) is 0 Å². The number of aromatic nitrogens is 2. The number of oxime groups is 1. The topological polar surface area (TPSA) is 82.9 Å². The zero-order chi connectivity index (χ0) is 21.5. The second-order valence-electron chi connectivity index (χ2n) is 5.98. The van der Waals surface area contributed by atoms with Crippen LogP contribution in [-0.2, 0) is 4.84 Å². The number of ether oxygens (including phenoxy) is 2. The second kappa shape index (κ2) is 10.1. The molecule has 0 fully saturated rings. The van der Waals surface area contributed by atoms with Crippen molar-refractivity contribution in [3.05, 3.63) is 70.2 Å². The van der Waals surface area contributed by atoms with E-state index in [9.17, 15) is 4.79 Å². The zero-order valence-corrected chi connectivity index (χ0v) is 18.0. The normalized spacial score (nSPS) is 10.8. The first-order valence-corrected chi connectivity index (χ1v) is 9.94. The Morgan fingerprint density at radius 3 is 2.43 bits per heavy atom. The van der Waals surface area contributed by atoms with Crippen LogP contribution in [0.1, 0.15) is 21.5 Å². The summed E-state index contributed by atoms with van der Waals surface area (Å²) in [7, 11) is 2.98. The van der Waals surface area contributed by atoms with Crippen LogP contribution in [-0.4, -0.2) is 36.4 Å². The minimum atomic E-state index is -0.693. The Bertz CT molecular complexity index is 1070. The third-order valence-corrected chi connectivity index (χ3v) is 5.08. The van der Waals surface area contributed by atoms with Gasteiger partial charge in [-0.05, 0) is 36.4 Å². The predicted octanol–water partition coefficient (Wildman–Crippen LogP) is 4.80. The lowest BCUT2D eigenvalue weighted by Gasteiger charge is -2.09. The van der Waals surface area contributed by atoms with Crippen LogP contribution in [0.3, 0.4) is 0 Å². The number of rotatable bonds is 7. The SMILES string of the molecule is COc1cc(OC)nc(Sc2cccc(Cl)c2C(=O)O/N=C/c2cccc(C)c2)n1. The average Bonchev–Trinajstić information content (AvgIpc) is 2.73. The van der Waals surface area contributed by atoms with Crippen LogP contribution in [0.25, 0.3) is 0 Å². The molecule has 0 N–H and O–H groups in total. The number of aryl methyl sites for hydroxylation is 1. The van der Waals surface area contributed by atoms with Crippen molar-refractivity contribution >= 4 is 35.5 Å². The molecule has 0 saturated heterocycles. The molecule has 0 atom stereocenters. The molecular weight excluding hydrogens is 426 g/mol. The Morgan fingerprint density at radius 1 is 1.07 bits per heavy atom. The highest BCUT2D eigenvalue weighted by Gasteiger charge is 2.20. The summed E-state index contributed by atoms with van der Waals surface area (Å²) < 4.78 is 10.3. The van der Waals surface area contributed by atoms with E-state index in [0.29, 0.717) is 21.8 Å². The van der Waals surface area contributed by atoms with Crippen molar-refractivity contribution < 1.29 is 19.1 Å². The molecule has 0 amide bonds. The highest BCUT2D eigenvalue weighted by Crippen LogP contribution is 2.34. The molecule has 0 unspecified atom stereocenters. The van der Waals surface area contributed by atoms with Crippen LogP contribution >= 0.6 is 23.4 Å². The van der Waals surface area contributed by atoms with Gasteiger partial charge >= 0.3 is 5.97 Å². The molecule has 0 saturated carbocycles. The first-order valence-electron chi connectivity index (χ1n) is 8.75. The molecule has 1 aromatic heterocycles. The number of nitrogens with zero attached hydrogens (tertiary/aromatic N) is 3. The van der Waals surface area contributed by atoms with Gasteiger partial charge in [-0.1, -0.05) is 52.7 Å². The van der Waals surface area contributed by atoms with Gasteiger partial charge in [-0.2, -0.15) is 9.97 Å². The van der Waals surface area contributed by atoms with Crippen molar-refractivity contribution in [3.8, 4) is 11.8 Å². The van der Waals surface area contributed by atoms with Crippen LogP contribution in [0.15, 0.2) is 63.7 Å². The van der Waals surface area contributed by atoms with E-state index in [4.69, 9.17) is 25.9 Å². The van der Waals surface area contributed by atoms with E-state index in [1.807, 2.05) is 31.2 Å². The maximum atomic E-state index is 12.7. The van der Waals surface area contributed by atoms with E-state index >= 15 is 0 Å². The maximum absolute atomic E-state index is 12.7. The number of hydrogen-bond donors (Lipinski definition) is 0. The molecule has 0 bridgehead atoms. The Hall–Kier alpha value is -3.10. The average molecular weight is 444 g/mol. The van der Waals surface area contributed by atoms with Gasteiger partial charge in [0.1, 0.15) is 0 Å². The van der Waals surface area contributed by atoms with Crippen LogP contribution in [0.4, 0.5) is 0 Å². The fourth-order valence-corrected chi connectivity index (χ4v) is 3.67. The van der Waals surface area contributed by atoms with Gasteiger partial charge in [-0.15, -0.1) is 0 Å². The molecule has 9 heteroatoms. The lowest BCUT2D eigenvalue weighted by molar-refractivity contribution is 0.0515. The Labute approximate surface area is 183 Å². The van der Waals surface area contributed by atoms with Gasteiger partial charge in [0.05, 0.1) is 37.1 Å². The molecule has 154 valence electrons. The standard InChI is InChI=1S/C21H18ClN3O4S/c1-13-6-4-7-14(10-13)12-23-29-20(26)19-15(22)8-5-9-16(19)30-21-24-17(27-2)11-18(25-21)28-3/h4-12H,1-3H3/b23-12+. The summed E-state index contributed by atoms with van der Waals surface area (Å²) in [6.07, 6.45) is 1.46. The molecule has 0 spiro atoms. The summed E-state index contributed by atoms with van der Waals surface area (Å²) in [5.74, 6) is -0.0293. The quantitative estimate of drug-likeness (QED) is 0.224. The molecule has 1 heterocycles. The minimum Gasteiger partial charge on any atom is -0.481 e. The first kappa shape index (κ1) is 21.6.